The zero-order valence-electron chi connectivity index (χ0n) is 19.3. The van der Waals surface area contributed by atoms with Gasteiger partial charge in [-0.05, 0) is 53.9 Å². The first kappa shape index (κ1) is 21.5. The van der Waals surface area contributed by atoms with Crippen LogP contribution >= 0.6 is 11.8 Å². The second kappa shape index (κ2) is 8.94. The fourth-order valence-corrected chi connectivity index (χ4v) is 5.76. The number of para-hydroxylation sites is 2. The summed E-state index contributed by atoms with van der Waals surface area (Å²) in [6, 6.07) is 41.0. The van der Waals surface area contributed by atoms with E-state index in [1.807, 2.05) is 54.2 Å². The predicted molar refractivity (Wildman–Crippen MR) is 145 cm³/mol. The third kappa shape index (κ3) is 3.84. The fourth-order valence-electron chi connectivity index (χ4n) is 4.70. The smallest absolute Gasteiger partial charge is 0.193 e. The van der Waals surface area contributed by atoms with Crippen molar-refractivity contribution in [2.45, 2.75) is 16.7 Å². The van der Waals surface area contributed by atoms with E-state index in [4.69, 9.17) is 0 Å². The number of benzene rings is 5. The number of hydrogen-bond acceptors (Lipinski definition) is 3. The summed E-state index contributed by atoms with van der Waals surface area (Å²) in [5.74, 6) is 0.0432. The standard InChI is InChI=1S/C32H23NOS/c1-22-26(23-18-20-25(21-19-23)32(34)24-10-3-2-4-11-24)12-9-15-27(22)33-28-13-5-7-16-30(28)35-31-17-8-6-14-29(31)33/h2-21H,1H3. The molecule has 0 unspecified atom stereocenters. The summed E-state index contributed by atoms with van der Waals surface area (Å²) >= 11 is 1.82. The molecule has 3 heteroatoms. The SMILES string of the molecule is Cc1c(-c2ccc(C(=O)c3ccccc3)cc2)cccc1N1c2ccccc2Sc2ccccc21. The molecule has 35 heavy (non-hydrogen) atoms. The molecule has 5 aromatic carbocycles. The van der Waals surface area contributed by atoms with Gasteiger partial charge in [-0.15, -0.1) is 0 Å². The van der Waals surface area contributed by atoms with Crippen LogP contribution in [0.1, 0.15) is 21.5 Å². The number of anilines is 3. The summed E-state index contributed by atoms with van der Waals surface area (Å²) in [6.07, 6.45) is 0. The highest BCUT2D eigenvalue weighted by Crippen LogP contribution is 2.52. The molecule has 0 amide bonds. The van der Waals surface area contributed by atoms with E-state index in [1.165, 1.54) is 26.7 Å². The Morgan fingerprint density at radius 3 is 1.77 bits per heavy atom. The Labute approximate surface area is 209 Å². The summed E-state index contributed by atoms with van der Waals surface area (Å²) in [5, 5.41) is 0. The molecule has 0 aromatic heterocycles. The molecule has 0 atom stereocenters. The zero-order valence-corrected chi connectivity index (χ0v) is 20.1. The molecule has 1 aliphatic heterocycles. The van der Waals surface area contributed by atoms with Crippen LogP contribution in [0.25, 0.3) is 11.1 Å². The van der Waals surface area contributed by atoms with E-state index < -0.39 is 0 Å². The van der Waals surface area contributed by atoms with Crippen LogP contribution in [0.5, 0.6) is 0 Å². The van der Waals surface area contributed by atoms with E-state index in [9.17, 15) is 4.79 Å². The quantitative estimate of drug-likeness (QED) is 0.241. The average molecular weight is 470 g/mol. The van der Waals surface area contributed by atoms with Crippen molar-refractivity contribution in [2.24, 2.45) is 0 Å². The molecule has 2 nitrogen and oxygen atoms in total. The molecule has 5 aromatic rings. The van der Waals surface area contributed by atoms with Crippen molar-refractivity contribution >= 4 is 34.6 Å². The second-order valence-corrected chi connectivity index (χ2v) is 9.68. The first-order chi connectivity index (χ1) is 17.2. The molecule has 168 valence electrons. The molecule has 0 aliphatic carbocycles. The van der Waals surface area contributed by atoms with E-state index in [1.54, 1.807) is 0 Å². The Bertz CT molecular complexity index is 1490. The summed E-state index contributed by atoms with van der Waals surface area (Å²) in [6.45, 7) is 2.18. The van der Waals surface area contributed by atoms with Gasteiger partial charge in [-0.3, -0.25) is 4.79 Å². The third-order valence-corrected chi connectivity index (χ3v) is 7.60. The Morgan fingerprint density at radius 2 is 1.11 bits per heavy atom. The minimum absolute atomic E-state index is 0.0432. The van der Waals surface area contributed by atoms with Gasteiger partial charge in [-0.1, -0.05) is 103 Å². The van der Waals surface area contributed by atoms with Gasteiger partial charge in [0.15, 0.2) is 5.78 Å². The van der Waals surface area contributed by atoms with Gasteiger partial charge in [0.05, 0.1) is 11.4 Å². The Kier molecular flexibility index (Phi) is 5.48. The molecule has 0 spiro atoms. The minimum atomic E-state index is 0.0432. The molecule has 0 radical (unpaired) electrons. The van der Waals surface area contributed by atoms with Gasteiger partial charge in [0.1, 0.15) is 0 Å². The Morgan fingerprint density at radius 1 is 0.571 bits per heavy atom. The van der Waals surface area contributed by atoms with Crippen LogP contribution in [-0.4, -0.2) is 5.78 Å². The topological polar surface area (TPSA) is 20.3 Å². The highest BCUT2D eigenvalue weighted by Gasteiger charge is 2.25. The number of fused-ring (bicyclic) bond motifs is 2. The molecular formula is C32H23NOS. The number of ketones is 1. The molecule has 0 bridgehead atoms. The van der Waals surface area contributed by atoms with E-state index in [-0.39, 0.29) is 5.78 Å². The number of carbonyl (C=O) groups excluding carboxylic acids is 1. The fraction of sp³-hybridized carbons (Fsp3) is 0.0312. The van der Waals surface area contributed by atoms with Gasteiger partial charge < -0.3 is 4.90 Å². The van der Waals surface area contributed by atoms with Gasteiger partial charge in [0.25, 0.3) is 0 Å². The zero-order chi connectivity index (χ0) is 23.8. The number of carbonyl (C=O) groups is 1. The highest BCUT2D eigenvalue weighted by molar-refractivity contribution is 7.99. The van der Waals surface area contributed by atoms with Crippen molar-refractivity contribution in [2.75, 3.05) is 4.90 Å². The Balaban J connectivity index is 1.41. The van der Waals surface area contributed by atoms with Crippen LogP contribution in [0.4, 0.5) is 17.1 Å². The van der Waals surface area contributed by atoms with Gasteiger partial charge >= 0.3 is 0 Å². The van der Waals surface area contributed by atoms with E-state index in [0.717, 1.165) is 16.8 Å². The molecule has 1 aliphatic rings. The van der Waals surface area contributed by atoms with Crippen molar-refractivity contribution in [3.63, 3.8) is 0 Å². The lowest BCUT2D eigenvalue weighted by molar-refractivity contribution is 0.103. The lowest BCUT2D eigenvalue weighted by Crippen LogP contribution is -2.16. The van der Waals surface area contributed by atoms with Crippen LogP contribution < -0.4 is 4.90 Å². The maximum atomic E-state index is 12.8. The van der Waals surface area contributed by atoms with Crippen molar-refractivity contribution < 1.29 is 4.79 Å². The summed E-state index contributed by atoms with van der Waals surface area (Å²) in [5.41, 5.74) is 8.42. The first-order valence-electron chi connectivity index (χ1n) is 11.7. The van der Waals surface area contributed by atoms with E-state index in [2.05, 4.69) is 90.7 Å². The molecule has 0 saturated carbocycles. The number of rotatable bonds is 4. The molecular weight excluding hydrogens is 446 g/mol. The van der Waals surface area contributed by atoms with Crippen LogP contribution in [0.3, 0.4) is 0 Å². The lowest BCUT2D eigenvalue weighted by atomic mass is 9.95. The van der Waals surface area contributed by atoms with Gasteiger partial charge in [0, 0.05) is 26.6 Å². The van der Waals surface area contributed by atoms with E-state index in [0.29, 0.717) is 11.1 Å². The highest BCUT2D eigenvalue weighted by atomic mass is 32.2. The summed E-state index contributed by atoms with van der Waals surface area (Å²) in [4.78, 5) is 17.7. The molecule has 1 heterocycles. The maximum absolute atomic E-state index is 12.8. The maximum Gasteiger partial charge on any atom is 0.193 e. The molecule has 0 fully saturated rings. The lowest BCUT2D eigenvalue weighted by Gasteiger charge is -2.34. The third-order valence-electron chi connectivity index (χ3n) is 6.47. The average Bonchev–Trinajstić information content (AvgIpc) is 2.92. The second-order valence-electron chi connectivity index (χ2n) is 8.60. The minimum Gasteiger partial charge on any atom is -0.308 e. The monoisotopic (exact) mass is 469 g/mol. The van der Waals surface area contributed by atoms with Crippen molar-refractivity contribution in [1.29, 1.82) is 0 Å². The van der Waals surface area contributed by atoms with Crippen molar-refractivity contribution in [3.05, 3.63) is 138 Å². The molecule has 0 saturated heterocycles. The van der Waals surface area contributed by atoms with Crippen molar-refractivity contribution in [1.82, 2.24) is 0 Å². The summed E-state index contributed by atoms with van der Waals surface area (Å²) < 4.78 is 0. The first-order valence-corrected chi connectivity index (χ1v) is 12.5. The van der Waals surface area contributed by atoms with Crippen LogP contribution in [0.15, 0.2) is 131 Å². The predicted octanol–water partition coefficient (Wildman–Crippen LogP) is 8.83. The van der Waals surface area contributed by atoms with Crippen LogP contribution in [-0.2, 0) is 0 Å². The molecule has 0 N–H and O–H groups in total. The normalized spacial score (nSPS) is 12.1. The van der Waals surface area contributed by atoms with Crippen LogP contribution in [0.2, 0.25) is 0 Å². The number of hydrogen-bond donors (Lipinski definition) is 0. The largest absolute Gasteiger partial charge is 0.308 e. The summed E-state index contributed by atoms with van der Waals surface area (Å²) in [7, 11) is 0. The Hall–Kier alpha value is -4.08. The van der Waals surface area contributed by atoms with Crippen LogP contribution in [0, 0.1) is 6.92 Å². The van der Waals surface area contributed by atoms with Crippen molar-refractivity contribution in [3.8, 4) is 11.1 Å². The van der Waals surface area contributed by atoms with Gasteiger partial charge in [-0.2, -0.15) is 0 Å². The number of nitrogens with zero attached hydrogens (tertiary/aromatic N) is 1. The van der Waals surface area contributed by atoms with Gasteiger partial charge in [-0.25, -0.2) is 0 Å². The molecule has 6 rings (SSSR count). The van der Waals surface area contributed by atoms with Gasteiger partial charge in [0.2, 0.25) is 0 Å². The van der Waals surface area contributed by atoms with E-state index >= 15 is 0 Å².